The lowest BCUT2D eigenvalue weighted by atomic mass is 10.1. The van der Waals surface area contributed by atoms with E-state index in [0.29, 0.717) is 13.1 Å². The van der Waals surface area contributed by atoms with Crippen molar-refractivity contribution in [3.8, 4) is 0 Å². The summed E-state index contributed by atoms with van der Waals surface area (Å²) >= 11 is 0. The van der Waals surface area contributed by atoms with Crippen LogP contribution in [0.4, 0.5) is 0 Å². The average Bonchev–Trinajstić information content (AvgIpc) is 2.86. The Morgan fingerprint density at radius 3 is 1.88 bits per heavy atom. The molecule has 0 aliphatic rings. The first kappa shape index (κ1) is 25.1. The number of nitrogens with zero attached hydrogens (tertiary/aromatic N) is 1. The molecule has 33 heavy (non-hydrogen) atoms. The molecule has 172 valence electrons. The van der Waals surface area contributed by atoms with E-state index in [-0.39, 0.29) is 5.57 Å². The minimum absolute atomic E-state index is 0.00709. The molecule has 0 unspecified atom stereocenters. The molecule has 0 spiro atoms. The van der Waals surface area contributed by atoms with Crippen molar-refractivity contribution in [3.05, 3.63) is 101 Å². The maximum absolute atomic E-state index is 12.5. The maximum atomic E-state index is 12.5. The summed E-state index contributed by atoms with van der Waals surface area (Å²) in [5.41, 5.74) is 1.62. The summed E-state index contributed by atoms with van der Waals surface area (Å²) in [5.74, 6) is -2.56. The molecule has 2 aromatic rings. The highest BCUT2D eigenvalue weighted by molar-refractivity contribution is 6.15. The van der Waals surface area contributed by atoms with E-state index < -0.39 is 23.5 Å². The Hall–Kier alpha value is -4.13. The molecule has 0 fully saturated rings. The van der Waals surface area contributed by atoms with Crippen LogP contribution in [0.2, 0.25) is 0 Å². The quantitative estimate of drug-likeness (QED) is 0.137. The Labute approximate surface area is 193 Å². The number of hydrogen-bond donors (Lipinski definition) is 0. The van der Waals surface area contributed by atoms with Gasteiger partial charge in [-0.1, -0.05) is 72.8 Å². The normalized spacial score (nSPS) is 10.9. The number of benzene rings is 2. The molecule has 2 rings (SSSR count). The van der Waals surface area contributed by atoms with Crippen LogP contribution >= 0.6 is 0 Å². The lowest BCUT2D eigenvalue weighted by Crippen LogP contribution is -2.21. The number of methoxy groups -OCH3 is 3. The standard InChI is InChI=1S/C26H27NO6/c1-31-24(28)22(17-23(25(29)32-2)26(30)33-3)19-27(18-21-13-8-5-9-14-21)16-10-15-20-11-6-4-7-12-20/h4-15,17,19H,16,18H2,1-3H3/b15-10-,22-19-. The summed E-state index contributed by atoms with van der Waals surface area (Å²) in [4.78, 5) is 38.5. The van der Waals surface area contributed by atoms with Crippen molar-refractivity contribution >= 4 is 24.0 Å². The molecule has 0 N–H and O–H groups in total. The first-order chi connectivity index (χ1) is 16.0. The predicted octanol–water partition coefficient (Wildman–Crippen LogP) is 3.53. The van der Waals surface area contributed by atoms with E-state index in [1.54, 1.807) is 6.20 Å². The van der Waals surface area contributed by atoms with Crippen molar-refractivity contribution in [2.24, 2.45) is 0 Å². The summed E-state index contributed by atoms with van der Waals surface area (Å²) in [6.07, 6.45) is 6.57. The number of carbonyl (C=O) groups excluding carboxylic acids is 3. The van der Waals surface area contributed by atoms with Gasteiger partial charge in [0.1, 0.15) is 5.57 Å². The maximum Gasteiger partial charge on any atom is 0.345 e. The summed E-state index contributed by atoms with van der Waals surface area (Å²) < 4.78 is 14.2. The molecular formula is C26H27NO6. The van der Waals surface area contributed by atoms with Gasteiger partial charge in [0.2, 0.25) is 0 Å². The largest absolute Gasteiger partial charge is 0.465 e. The Kier molecular flexibility index (Phi) is 10.1. The first-order valence-electron chi connectivity index (χ1n) is 10.2. The summed E-state index contributed by atoms with van der Waals surface area (Å²) in [5, 5.41) is 0. The van der Waals surface area contributed by atoms with Crippen molar-refractivity contribution in [1.82, 2.24) is 4.90 Å². The molecule has 0 aliphatic heterocycles. The van der Waals surface area contributed by atoms with Crippen molar-refractivity contribution in [2.45, 2.75) is 6.54 Å². The highest BCUT2D eigenvalue weighted by Crippen LogP contribution is 2.13. The van der Waals surface area contributed by atoms with Crippen molar-refractivity contribution in [3.63, 3.8) is 0 Å². The van der Waals surface area contributed by atoms with Gasteiger partial charge in [-0.05, 0) is 17.2 Å². The third-order valence-corrected chi connectivity index (χ3v) is 4.53. The lowest BCUT2D eigenvalue weighted by molar-refractivity contribution is -0.144. The van der Waals surface area contributed by atoms with Crippen LogP contribution < -0.4 is 0 Å². The van der Waals surface area contributed by atoms with E-state index in [1.807, 2.05) is 77.7 Å². The fourth-order valence-electron chi connectivity index (χ4n) is 2.91. The third-order valence-electron chi connectivity index (χ3n) is 4.53. The minimum atomic E-state index is -0.921. The van der Waals surface area contributed by atoms with Gasteiger partial charge in [0.05, 0.1) is 26.9 Å². The number of carbonyl (C=O) groups is 3. The molecule has 0 bridgehead atoms. The molecular weight excluding hydrogens is 422 g/mol. The number of esters is 3. The third kappa shape index (κ3) is 8.14. The van der Waals surface area contributed by atoms with Crippen LogP contribution in [0, 0.1) is 0 Å². The Bertz CT molecular complexity index is 1010. The van der Waals surface area contributed by atoms with Crippen LogP contribution in [-0.2, 0) is 35.1 Å². The number of ether oxygens (including phenoxy) is 3. The fraction of sp³-hybridized carbons (Fsp3) is 0.192. The van der Waals surface area contributed by atoms with Gasteiger partial charge in [-0.3, -0.25) is 0 Å². The Balaban J connectivity index is 2.43. The van der Waals surface area contributed by atoms with Gasteiger partial charge in [-0.15, -0.1) is 0 Å². The molecule has 7 heteroatoms. The van der Waals surface area contributed by atoms with E-state index in [9.17, 15) is 14.4 Å². The number of hydrogen-bond acceptors (Lipinski definition) is 7. The van der Waals surface area contributed by atoms with Crippen LogP contribution in [0.15, 0.2) is 90.2 Å². The van der Waals surface area contributed by atoms with Crippen LogP contribution in [0.25, 0.3) is 6.08 Å². The summed E-state index contributed by atoms with van der Waals surface area (Å²) in [6, 6.07) is 19.5. The first-order valence-corrected chi connectivity index (χ1v) is 10.2. The van der Waals surface area contributed by atoms with E-state index >= 15 is 0 Å². The van der Waals surface area contributed by atoms with Gasteiger partial charge in [0.15, 0.2) is 0 Å². The molecule has 0 atom stereocenters. The van der Waals surface area contributed by atoms with Crippen molar-refractivity contribution < 1.29 is 28.6 Å². The molecule has 0 aromatic heterocycles. The molecule has 0 saturated heterocycles. The zero-order valence-corrected chi connectivity index (χ0v) is 18.9. The highest BCUT2D eigenvalue weighted by Gasteiger charge is 2.22. The van der Waals surface area contributed by atoms with Gasteiger partial charge in [-0.2, -0.15) is 0 Å². The molecule has 0 saturated carbocycles. The van der Waals surface area contributed by atoms with Crippen LogP contribution in [0.3, 0.4) is 0 Å². The van der Waals surface area contributed by atoms with E-state index in [4.69, 9.17) is 4.74 Å². The topological polar surface area (TPSA) is 82.1 Å². The predicted molar refractivity (Wildman–Crippen MR) is 125 cm³/mol. The smallest absolute Gasteiger partial charge is 0.345 e. The molecule has 0 heterocycles. The highest BCUT2D eigenvalue weighted by atomic mass is 16.5. The molecule has 0 aliphatic carbocycles. The van der Waals surface area contributed by atoms with Gasteiger partial charge in [0, 0.05) is 19.3 Å². The van der Waals surface area contributed by atoms with Crippen molar-refractivity contribution in [1.29, 1.82) is 0 Å². The summed E-state index contributed by atoms with van der Waals surface area (Å²) in [6.45, 7) is 0.921. The van der Waals surface area contributed by atoms with E-state index in [2.05, 4.69) is 9.47 Å². The van der Waals surface area contributed by atoms with Crippen LogP contribution in [-0.4, -0.2) is 50.7 Å². The molecule has 7 nitrogen and oxygen atoms in total. The Morgan fingerprint density at radius 2 is 1.33 bits per heavy atom. The number of rotatable bonds is 10. The monoisotopic (exact) mass is 449 g/mol. The molecule has 2 aromatic carbocycles. The van der Waals surface area contributed by atoms with Gasteiger partial charge in [-0.25, -0.2) is 14.4 Å². The van der Waals surface area contributed by atoms with Gasteiger partial charge in [0.25, 0.3) is 0 Å². The minimum Gasteiger partial charge on any atom is -0.465 e. The zero-order valence-electron chi connectivity index (χ0n) is 18.9. The van der Waals surface area contributed by atoms with E-state index in [1.165, 1.54) is 7.11 Å². The van der Waals surface area contributed by atoms with Gasteiger partial charge < -0.3 is 19.1 Å². The molecule has 0 radical (unpaired) electrons. The van der Waals surface area contributed by atoms with Gasteiger partial charge >= 0.3 is 17.9 Å². The fourth-order valence-corrected chi connectivity index (χ4v) is 2.91. The second kappa shape index (κ2) is 13.3. The summed E-state index contributed by atoms with van der Waals surface area (Å²) in [7, 11) is 3.49. The zero-order chi connectivity index (χ0) is 24.1. The average molecular weight is 450 g/mol. The second-order valence-corrected chi connectivity index (χ2v) is 6.85. The molecule has 0 amide bonds. The van der Waals surface area contributed by atoms with E-state index in [0.717, 1.165) is 31.4 Å². The van der Waals surface area contributed by atoms with Crippen LogP contribution in [0.1, 0.15) is 11.1 Å². The SMILES string of the molecule is COC(=O)C(=C/C(=C/N(C/C=C\c1ccccc1)Cc1ccccc1)C(=O)OC)C(=O)OC. The van der Waals surface area contributed by atoms with Crippen molar-refractivity contribution in [2.75, 3.05) is 27.9 Å². The van der Waals surface area contributed by atoms with Crippen LogP contribution in [0.5, 0.6) is 0 Å². The lowest BCUT2D eigenvalue weighted by Gasteiger charge is -2.20. The Morgan fingerprint density at radius 1 is 0.788 bits per heavy atom. The second-order valence-electron chi connectivity index (χ2n) is 6.85.